The third-order valence-corrected chi connectivity index (χ3v) is 8.54. The number of esters is 1. The Balaban J connectivity index is 1.58. The lowest BCUT2D eigenvalue weighted by Crippen LogP contribution is -2.56. The van der Waals surface area contributed by atoms with E-state index in [0.29, 0.717) is 19.4 Å². The van der Waals surface area contributed by atoms with Gasteiger partial charge in [-0.1, -0.05) is 25.2 Å². The van der Waals surface area contributed by atoms with Crippen LogP contribution in [0.25, 0.3) is 0 Å². The summed E-state index contributed by atoms with van der Waals surface area (Å²) in [6, 6.07) is 6.89. The SMILES string of the molecule is CCN(CC)c1ccc(N2CC=C[C@]34O[C@]5(CC)C=CCOC(=O)[C@@H]5[C@H]3C(=O)N(CCCO)C4C2=O)cc1. The first-order chi connectivity index (χ1) is 18.4. The van der Waals surface area contributed by atoms with Gasteiger partial charge in [-0.25, -0.2) is 0 Å². The van der Waals surface area contributed by atoms with E-state index in [1.807, 2.05) is 49.4 Å². The summed E-state index contributed by atoms with van der Waals surface area (Å²) >= 11 is 0. The number of rotatable bonds is 8. The highest BCUT2D eigenvalue weighted by atomic mass is 16.6. The second-order valence-corrected chi connectivity index (χ2v) is 10.3. The lowest BCUT2D eigenvalue weighted by molar-refractivity contribution is -0.157. The van der Waals surface area contributed by atoms with Crippen LogP contribution < -0.4 is 9.80 Å². The zero-order chi connectivity index (χ0) is 27.1. The van der Waals surface area contributed by atoms with Crippen LogP contribution in [0.4, 0.5) is 11.4 Å². The Morgan fingerprint density at radius 1 is 1.00 bits per heavy atom. The molecule has 5 rings (SSSR count). The maximum Gasteiger partial charge on any atom is 0.313 e. The molecule has 9 nitrogen and oxygen atoms in total. The summed E-state index contributed by atoms with van der Waals surface area (Å²) in [5.74, 6) is -2.82. The zero-order valence-electron chi connectivity index (χ0n) is 22.3. The smallest absolute Gasteiger partial charge is 0.313 e. The summed E-state index contributed by atoms with van der Waals surface area (Å²) in [7, 11) is 0. The van der Waals surface area contributed by atoms with Gasteiger partial charge >= 0.3 is 5.97 Å². The predicted octanol–water partition coefficient (Wildman–Crippen LogP) is 2.29. The van der Waals surface area contributed by atoms with Crippen LogP contribution in [-0.4, -0.2) is 84.4 Å². The largest absolute Gasteiger partial charge is 0.461 e. The standard InChI is InChI=1S/C29H37N3O6/c1-4-28-14-8-19-37-27(36)23(28)22-25(34)32(17-9-18-33)24-26(35)31(16-7-15-29(22,24)38-28)21-12-10-20(11-13-21)30(5-2)6-3/h7-8,10-15,22-24,33H,4-6,9,16-19H2,1-3H3/t22-,23-,24?,28+,29-/m0/s1. The fraction of sp³-hybridized carbons (Fsp3) is 0.552. The number of cyclic esters (lactones) is 1. The highest BCUT2D eigenvalue weighted by molar-refractivity contribution is 6.05. The molecule has 2 fully saturated rings. The van der Waals surface area contributed by atoms with Gasteiger partial charge in [-0.15, -0.1) is 0 Å². The Morgan fingerprint density at radius 3 is 2.39 bits per heavy atom. The Hall–Kier alpha value is -3.17. The van der Waals surface area contributed by atoms with Gasteiger partial charge in [-0.05, 0) is 57.0 Å². The highest BCUT2D eigenvalue weighted by Gasteiger charge is 2.75. The van der Waals surface area contributed by atoms with E-state index < -0.39 is 35.0 Å². The second-order valence-electron chi connectivity index (χ2n) is 10.3. The van der Waals surface area contributed by atoms with Gasteiger partial charge in [0, 0.05) is 44.2 Å². The number of nitrogens with zero attached hydrogens (tertiary/aromatic N) is 3. The van der Waals surface area contributed by atoms with Crippen molar-refractivity contribution >= 4 is 29.2 Å². The van der Waals surface area contributed by atoms with Gasteiger partial charge in [0.1, 0.15) is 29.8 Å². The summed E-state index contributed by atoms with van der Waals surface area (Å²) in [6.45, 7) is 8.38. The van der Waals surface area contributed by atoms with Crippen LogP contribution in [-0.2, 0) is 23.9 Å². The van der Waals surface area contributed by atoms with Crippen molar-refractivity contribution in [3.63, 3.8) is 0 Å². The zero-order valence-corrected chi connectivity index (χ0v) is 22.3. The number of ether oxygens (including phenoxy) is 2. The molecule has 38 heavy (non-hydrogen) atoms. The number of hydrogen-bond donors (Lipinski definition) is 1. The van der Waals surface area contributed by atoms with Crippen LogP contribution in [0.2, 0.25) is 0 Å². The number of carbonyl (C=O) groups excluding carboxylic acids is 3. The van der Waals surface area contributed by atoms with Crippen LogP contribution in [0.5, 0.6) is 0 Å². The average Bonchev–Trinajstić information content (AvgIpc) is 3.20. The molecular weight excluding hydrogens is 486 g/mol. The van der Waals surface area contributed by atoms with Crippen molar-refractivity contribution in [2.45, 2.75) is 50.9 Å². The first-order valence-corrected chi connectivity index (χ1v) is 13.7. The molecule has 4 aliphatic rings. The molecule has 1 unspecified atom stereocenters. The third-order valence-electron chi connectivity index (χ3n) is 8.54. The Labute approximate surface area is 223 Å². The van der Waals surface area contributed by atoms with E-state index in [2.05, 4.69) is 18.7 Å². The summed E-state index contributed by atoms with van der Waals surface area (Å²) in [4.78, 5) is 47.1. The number of likely N-dealkylation sites (tertiary alicyclic amines) is 1. The maximum absolute atomic E-state index is 14.4. The van der Waals surface area contributed by atoms with Crippen LogP contribution in [0, 0.1) is 11.8 Å². The average molecular weight is 524 g/mol. The molecular formula is C29H37N3O6. The Morgan fingerprint density at radius 2 is 1.74 bits per heavy atom. The van der Waals surface area contributed by atoms with E-state index in [0.717, 1.165) is 24.5 Å². The lowest BCUT2D eigenvalue weighted by atomic mass is 9.73. The molecule has 1 aromatic carbocycles. The number of anilines is 2. The van der Waals surface area contributed by atoms with Gasteiger partial charge < -0.3 is 29.3 Å². The number of benzene rings is 1. The van der Waals surface area contributed by atoms with E-state index in [-0.39, 0.29) is 31.6 Å². The summed E-state index contributed by atoms with van der Waals surface area (Å²) in [5.41, 5.74) is -0.563. The van der Waals surface area contributed by atoms with E-state index >= 15 is 0 Å². The van der Waals surface area contributed by atoms with Crippen molar-refractivity contribution in [3.8, 4) is 0 Å². The van der Waals surface area contributed by atoms with Gasteiger partial charge in [0.25, 0.3) is 5.91 Å². The quantitative estimate of drug-likeness (QED) is 0.412. The first kappa shape index (κ1) is 26.4. The molecule has 2 amide bonds. The van der Waals surface area contributed by atoms with E-state index in [1.165, 1.54) is 4.90 Å². The molecule has 1 aromatic rings. The highest BCUT2D eigenvalue weighted by Crippen LogP contribution is 2.58. The number of amides is 2. The van der Waals surface area contributed by atoms with Gasteiger partial charge in [0.2, 0.25) is 5.91 Å². The van der Waals surface area contributed by atoms with Crippen LogP contribution in [0.3, 0.4) is 0 Å². The minimum Gasteiger partial charge on any atom is -0.461 e. The molecule has 9 heteroatoms. The molecule has 0 radical (unpaired) electrons. The predicted molar refractivity (Wildman–Crippen MR) is 143 cm³/mol. The second kappa shape index (κ2) is 10.2. The molecule has 0 bridgehead atoms. The summed E-state index contributed by atoms with van der Waals surface area (Å²) in [5, 5.41) is 9.55. The van der Waals surface area contributed by atoms with Crippen LogP contribution in [0.15, 0.2) is 48.6 Å². The van der Waals surface area contributed by atoms with Crippen molar-refractivity contribution < 1.29 is 29.0 Å². The maximum atomic E-state index is 14.4. The molecule has 1 spiro atoms. The van der Waals surface area contributed by atoms with Gasteiger partial charge in [-0.3, -0.25) is 14.4 Å². The number of aliphatic hydroxyl groups is 1. The van der Waals surface area contributed by atoms with E-state index in [4.69, 9.17) is 9.47 Å². The van der Waals surface area contributed by atoms with E-state index in [9.17, 15) is 19.5 Å². The van der Waals surface area contributed by atoms with Crippen molar-refractivity contribution in [1.82, 2.24) is 4.90 Å². The molecule has 2 saturated heterocycles. The minimum atomic E-state index is -1.32. The number of carbonyl (C=O) groups is 3. The molecule has 0 aromatic heterocycles. The van der Waals surface area contributed by atoms with Crippen molar-refractivity contribution in [2.24, 2.45) is 11.8 Å². The normalized spacial score (nSPS) is 32.0. The van der Waals surface area contributed by atoms with Crippen LogP contribution in [0.1, 0.15) is 33.6 Å². The molecule has 4 aliphatic heterocycles. The molecule has 5 atom stereocenters. The topological polar surface area (TPSA) is 99.6 Å². The summed E-state index contributed by atoms with van der Waals surface area (Å²) < 4.78 is 12.3. The van der Waals surface area contributed by atoms with Crippen molar-refractivity contribution in [2.75, 3.05) is 49.2 Å². The first-order valence-electron chi connectivity index (χ1n) is 13.7. The fourth-order valence-corrected chi connectivity index (χ4v) is 6.74. The van der Waals surface area contributed by atoms with Gasteiger partial charge in [0.15, 0.2) is 0 Å². The molecule has 4 heterocycles. The molecule has 0 aliphatic carbocycles. The molecule has 0 saturated carbocycles. The lowest BCUT2D eigenvalue weighted by Gasteiger charge is -2.38. The number of fused-ring (bicyclic) bond motifs is 2. The molecule has 1 N–H and O–H groups in total. The Kier molecular flexibility index (Phi) is 7.09. The number of aliphatic hydroxyl groups excluding tert-OH is 1. The van der Waals surface area contributed by atoms with E-state index in [1.54, 1.807) is 11.0 Å². The van der Waals surface area contributed by atoms with Gasteiger partial charge in [0.05, 0.1) is 5.92 Å². The van der Waals surface area contributed by atoms with Gasteiger partial charge in [-0.2, -0.15) is 0 Å². The van der Waals surface area contributed by atoms with Crippen LogP contribution >= 0.6 is 0 Å². The van der Waals surface area contributed by atoms with Crippen molar-refractivity contribution in [1.29, 1.82) is 0 Å². The Bertz CT molecular complexity index is 1150. The monoisotopic (exact) mass is 523 g/mol. The fourth-order valence-electron chi connectivity index (χ4n) is 6.74. The summed E-state index contributed by atoms with van der Waals surface area (Å²) in [6.07, 6.45) is 8.06. The number of hydrogen-bond acceptors (Lipinski definition) is 7. The third kappa shape index (κ3) is 3.86. The minimum absolute atomic E-state index is 0.122. The molecule has 204 valence electrons. The van der Waals surface area contributed by atoms with Crippen molar-refractivity contribution in [3.05, 3.63) is 48.6 Å².